The highest BCUT2D eigenvalue weighted by Crippen LogP contribution is 2.43. The van der Waals surface area contributed by atoms with Gasteiger partial charge in [-0.15, -0.1) is 0 Å². The van der Waals surface area contributed by atoms with E-state index in [0.29, 0.717) is 19.3 Å². The Morgan fingerprint density at radius 3 is 1.16 bits per heavy atom. The Morgan fingerprint density at radius 2 is 0.730 bits per heavy atom. The van der Waals surface area contributed by atoms with Crippen LogP contribution in [-0.4, -0.2) is 66.5 Å². The first-order valence-electron chi connectivity index (χ1n) is 28.4. The highest BCUT2D eigenvalue weighted by atomic mass is 31.2. The summed E-state index contributed by atoms with van der Waals surface area (Å²) in [6.07, 6.45) is 67.5. The second-order valence-electron chi connectivity index (χ2n) is 18.3. The van der Waals surface area contributed by atoms with Gasteiger partial charge in [0.05, 0.1) is 19.8 Å². The standard InChI is InChI=1S/C62H101O11P/c1-4-7-10-13-16-19-22-25-27-28-29-30-32-35-38-41-44-47-50-53-62(66)73-59(55-69-60(64)51-48-45-42-39-36-33-24-21-18-15-12-9-6-3)57-71-74(67,68)70-56-58(54-63)72-61(65)52-49-46-43-40-37-34-31-26-23-20-17-14-11-8-5-2/h8-9,11-12,16-21,25-27,31,33,36-37,40,42,45,58-59,63H,4-7,10,13-15,22-24,28-30,32,34-35,38-39,41,43-44,46-57H2,1-3H3,(H,67,68)/b11-8-,12-9-,19-16-,20-17-,21-18-,27-25-,31-26-,36-33-,40-37-,45-42-. The molecule has 74 heavy (non-hydrogen) atoms. The lowest BCUT2D eigenvalue weighted by Gasteiger charge is -2.21. The molecule has 2 N–H and O–H groups in total. The summed E-state index contributed by atoms with van der Waals surface area (Å²) < 4.78 is 39.4. The summed E-state index contributed by atoms with van der Waals surface area (Å²) in [5, 5.41) is 9.80. The number of rotatable bonds is 51. The summed E-state index contributed by atoms with van der Waals surface area (Å²) in [5.74, 6) is -1.62. The molecule has 0 aromatic rings. The summed E-state index contributed by atoms with van der Waals surface area (Å²) in [6, 6.07) is 0. The van der Waals surface area contributed by atoms with Crippen LogP contribution in [0.1, 0.15) is 213 Å². The van der Waals surface area contributed by atoms with E-state index in [2.05, 4.69) is 130 Å². The third-order valence-electron chi connectivity index (χ3n) is 11.4. The Hall–Kier alpha value is -4.12. The lowest BCUT2D eigenvalue weighted by molar-refractivity contribution is -0.161. The number of carbonyl (C=O) groups excluding carboxylic acids is 3. The third-order valence-corrected chi connectivity index (χ3v) is 12.3. The van der Waals surface area contributed by atoms with E-state index < -0.39 is 57.8 Å². The van der Waals surface area contributed by atoms with Crippen molar-refractivity contribution in [2.45, 2.75) is 226 Å². The molecule has 0 aliphatic heterocycles. The van der Waals surface area contributed by atoms with Crippen LogP contribution in [0.3, 0.4) is 0 Å². The van der Waals surface area contributed by atoms with Gasteiger partial charge in [0.2, 0.25) is 0 Å². The first kappa shape index (κ1) is 69.9. The number of esters is 3. The Kier molecular flexibility index (Phi) is 52.1. The van der Waals surface area contributed by atoms with Crippen molar-refractivity contribution in [2.75, 3.05) is 26.4 Å². The highest BCUT2D eigenvalue weighted by Gasteiger charge is 2.28. The fourth-order valence-electron chi connectivity index (χ4n) is 7.10. The molecule has 0 heterocycles. The molecule has 11 nitrogen and oxygen atoms in total. The van der Waals surface area contributed by atoms with Crippen LogP contribution in [0.4, 0.5) is 0 Å². The summed E-state index contributed by atoms with van der Waals surface area (Å²) in [5.41, 5.74) is 0. The fourth-order valence-corrected chi connectivity index (χ4v) is 7.88. The van der Waals surface area contributed by atoms with E-state index in [-0.39, 0.29) is 25.9 Å². The molecule has 0 saturated carbocycles. The van der Waals surface area contributed by atoms with Crippen LogP contribution in [0, 0.1) is 0 Å². The van der Waals surface area contributed by atoms with E-state index in [1.165, 1.54) is 51.4 Å². The molecule has 12 heteroatoms. The molecular formula is C62H101O11P. The van der Waals surface area contributed by atoms with Crippen molar-refractivity contribution in [3.63, 3.8) is 0 Å². The maximum absolute atomic E-state index is 12.9. The first-order chi connectivity index (χ1) is 36.2. The highest BCUT2D eigenvalue weighted by molar-refractivity contribution is 7.47. The Bertz CT molecular complexity index is 1700. The Morgan fingerprint density at radius 1 is 0.392 bits per heavy atom. The molecule has 0 amide bonds. The SMILES string of the molecule is CC/C=C\C/C=C\C/C=C\C/C=C\CCCCC(=O)OC(CO)COP(=O)(O)OCC(COC(=O)CC/C=C\C/C=C\C/C=C\C/C=C\CC)OC(=O)CCCCCCCCCCC/C=C\C/C=C\CCCCC. The minimum absolute atomic E-state index is 0.0959. The largest absolute Gasteiger partial charge is 0.472 e. The van der Waals surface area contributed by atoms with Crippen LogP contribution in [0.15, 0.2) is 122 Å². The molecule has 0 aromatic carbocycles. The molecular weight excluding hydrogens is 952 g/mol. The zero-order valence-electron chi connectivity index (χ0n) is 46.3. The Balaban J connectivity index is 4.83. The van der Waals surface area contributed by atoms with Gasteiger partial charge in [-0.2, -0.15) is 0 Å². The molecule has 0 aromatic heterocycles. The van der Waals surface area contributed by atoms with Gasteiger partial charge in [0.25, 0.3) is 0 Å². The molecule has 0 fully saturated rings. The average molecular weight is 1050 g/mol. The number of allylic oxidation sites excluding steroid dienone is 20. The second-order valence-corrected chi connectivity index (χ2v) is 19.8. The minimum Gasteiger partial charge on any atom is -0.462 e. The number of phosphoric ester groups is 1. The second kappa shape index (κ2) is 55.1. The van der Waals surface area contributed by atoms with Crippen LogP contribution >= 0.6 is 7.82 Å². The molecule has 0 spiro atoms. The van der Waals surface area contributed by atoms with Crippen LogP contribution in [0.5, 0.6) is 0 Å². The number of aliphatic hydroxyl groups is 1. The van der Waals surface area contributed by atoms with Crippen molar-refractivity contribution in [1.29, 1.82) is 0 Å². The van der Waals surface area contributed by atoms with E-state index in [0.717, 1.165) is 103 Å². The van der Waals surface area contributed by atoms with Crippen molar-refractivity contribution in [3.05, 3.63) is 122 Å². The van der Waals surface area contributed by atoms with E-state index in [4.69, 9.17) is 23.3 Å². The lowest BCUT2D eigenvalue weighted by atomic mass is 10.1. The molecule has 0 aliphatic rings. The van der Waals surface area contributed by atoms with Gasteiger partial charge in [-0.05, 0) is 116 Å². The number of ether oxygens (including phenoxy) is 3. The van der Waals surface area contributed by atoms with Crippen molar-refractivity contribution < 1.29 is 52.2 Å². The van der Waals surface area contributed by atoms with E-state index in [9.17, 15) is 28.9 Å². The minimum atomic E-state index is -4.78. The quantitative estimate of drug-likeness (QED) is 0.0197. The van der Waals surface area contributed by atoms with Crippen LogP contribution in [-0.2, 0) is 42.2 Å². The molecule has 3 atom stereocenters. The van der Waals surface area contributed by atoms with Crippen LogP contribution < -0.4 is 0 Å². The van der Waals surface area contributed by atoms with E-state index in [1.54, 1.807) is 0 Å². The van der Waals surface area contributed by atoms with Gasteiger partial charge in [0.1, 0.15) is 12.7 Å². The number of carbonyl (C=O) groups is 3. The van der Waals surface area contributed by atoms with Gasteiger partial charge in [0.15, 0.2) is 6.10 Å². The molecule has 0 bridgehead atoms. The first-order valence-corrected chi connectivity index (χ1v) is 29.9. The smallest absolute Gasteiger partial charge is 0.462 e. The van der Waals surface area contributed by atoms with E-state index >= 15 is 0 Å². The van der Waals surface area contributed by atoms with Crippen molar-refractivity contribution >= 4 is 25.7 Å². The average Bonchev–Trinajstić information content (AvgIpc) is 3.39. The topological polar surface area (TPSA) is 155 Å². The van der Waals surface area contributed by atoms with Crippen molar-refractivity contribution in [3.8, 4) is 0 Å². The monoisotopic (exact) mass is 1050 g/mol. The maximum atomic E-state index is 12.9. The molecule has 420 valence electrons. The number of aliphatic hydroxyl groups excluding tert-OH is 1. The third kappa shape index (κ3) is 52.7. The number of unbranched alkanes of at least 4 members (excludes halogenated alkanes) is 14. The predicted molar refractivity (Wildman–Crippen MR) is 306 cm³/mol. The van der Waals surface area contributed by atoms with Gasteiger partial charge in [-0.3, -0.25) is 23.4 Å². The zero-order valence-corrected chi connectivity index (χ0v) is 47.2. The number of hydrogen-bond acceptors (Lipinski definition) is 10. The molecule has 0 aliphatic carbocycles. The lowest BCUT2D eigenvalue weighted by Crippen LogP contribution is -2.30. The molecule has 0 radical (unpaired) electrons. The fraction of sp³-hybridized carbons (Fsp3) is 0.629. The van der Waals surface area contributed by atoms with E-state index in [1.807, 2.05) is 12.2 Å². The van der Waals surface area contributed by atoms with Crippen LogP contribution in [0.25, 0.3) is 0 Å². The van der Waals surface area contributed by atoms with Gasteiger partial charge in [-0.25, -0.2) is 4.57 Å². The predicted octanol–water partition coefficient (Wildman–Crippen LogP) is 16.8. The molecule has 0 rings (SSSR count). The van der Waals surface area contributed by atoms with Gasteiger partial charge in [0, 0.05) is 19.3 Å². The Labute approximate surface area is 449 Å². The summed E-state index contributed by atoms with van der Waals surface area (Å²) in [4.78, 5) is 48.5. The van der Waals surface area contributed by atoms with Crippen molar-refractivity contribution in [1.82, 2.24) is 0 Å². The van der Waals surface area contributed by atoms with Gasteiger partial charge < -0.3 is 24.2 Å². The van der Waals surface area contributed by atoms with Crippen LogP contribution in [0.2, 0.25) is 0 Å². The number of phosphoric acid groups is 1. The molecule has 0 saturated heterocycles. The number of hydrogen-bond donors (Lipinski definition) is 2. The zero-order chi connectivity index (χ0) is 54.1. The van der Waals surface area contributed by atoms with Gasteiger partial charge >= 0.3 is 25.7 Å². The van der Waals surface area contributed by atoms with Crippen molar-refractivity contribution in [2.24, 2.45) is 0 Å². The molecule has 3 unspecified atom stereocenters. The summed E-state index contributed by atoms with van der Waals surface area (Å²) >= 11 is 0. The summed E-state index contributed by atoms with van der Waals surface area (Å²) in [7, 11) is -4.78. The van der Waals surface area contributed by atoms with Gasteiger partial charge in [-0.1, -0.05) is 200 Å². The normalized spacial score (nSPS) is 14.3. The maximum Gasteiger partial charge on any atom is 0.472 e. The summed E-state index contributed by atoms with van der Waals surface area (Å²) in [6.45, 7) is 4.24.